The molecule has 196 valence electrons. The number of nitrogens with zero attached hydrogens (tertiary/aromatic N) is 2. The molecule has 0 spiro atoms. The van der Waals surface area contributed by atoms with Gasteiger partial charge in [0.15, 0.2) is 0 Å². The number of fused-ring (bicyclic) bond motifs is 1. The third kappa shape index (κ3) is 6.62. The van der Waals surface area contributed by atoms with Crippen molar-refractivity contribution in [2.75, 3.05) is 24.7 Å². The van der Waals surface area contributed by atoms with Crippen LogP contribution in [0.25, 0.3) is 10.9 Å². The number of urea groups is 1. The van der Waals surface area contributed by atoms with E-state index in [-0.39, 0.29) is 29.5 Å². The van der Waals surface area contributed by atoms with Crippen LogP contribution >= 0.6 is 11.6 Å². The number of rotatable bonds is 5. The van der Waals surface area contributed by atoms with Crippen LogP contribution in [0.15, 0.2) is 48.5 Å². The van der Waals surface area contributed by atoms with Crippen LogP contribution in [0.3, 0.4) is 0 Å². The number of amides is 3. The van der Waals surface area contributed by atoms with Gasteiger partial charge < -0.3 is 20.9 Å². The summed E-state index contributed by atoms with van der Waals surface area (Å²) < 4.78 is 40.2. The van der Waals surface area contributed by atoms with Crippen molar-refractivity contribution < 1.29 is 22.8 Å². The first kappa shape index (κ1) is 26.5. The number of carbonyl (C=O) groups is 2. The molecule has 0 radical (unpaired) electrons. The van der Waals surface area contributed by atoms with Gasteiger partial charge in [-0.05, 0) is 68.1 Å². The first-order valence-corrected chi connectivity index (χ1v) is 12.2. The first-order chi connectivity index (χ1) is 17.5. The van der Waals surface area contributed by atoms with Gasteiger partial charge in [0.2, 0.25) is 0 Å². The number of anilines is 2. The van der Waals surface area contributed by atoms with Gasteiger partial charge in [-0.1, -0.05) is 17.7 Å². The molecule has 2 aromatic carbocycles. The van der Waals surface area contributed by atoms with Crippen LogP contribution in [-0.4, -0.2) is 48.0 Å². The third-order valence-corrected chi connectivity index (χ3v) is 6.50. The summed E-state index contributed by atoms with van der Waals surface area (Å²) in [5.41, 5.74) is 0.532. The van der Waals surface area contributed by atoms with E-state index in [1.807, 2.05) is 0 Å². The van der Waals surface area contributed by atoms with Gasteiger partial charge in [-0.3, -0.25) is 4.79 Å². The molecule has 1 aliphatic carbocycles. The lowest BCUT2D eigenvalue weighted by molar-refractivity contribution is -0.140. The SMILES string of the molecule is CN(C)C(=O)Nc1cccc(C(=O)NC2CCC(Nc3cc(C(F)(F)F)nc4ccc(Cl)cc34)CC2)c1. The Labute approximate surface area is 217 Å². The van der Waals surface area contributed by atoms with Gasteiger partial charge in [0, 0.05) is 53.5 Å². The normalized spacial score (nSPS) is 17.8. The topological polar surface area (TPSA) is 86.4 Å². The van der Waals surface area contributed by atoms with E-state index in [4.69, 9.17) is 11.6 Å². The van der Waals surface area contributed by atoms with Gasteiger partial charge >= 0.3 is 12.2 Å². The predicted octanol–water partition coefficient (Wildman–Crippen LogP) is 6.15. The smallest absolute Gasteiger partial charge is 0.382 e. The highest BCUT2D eigenvalue weighted by Gasteiger charge is 2.34. The molecule has 7 nitrogen and oxygen atoms in total. The molecule has 0 bridgehead atoms. The molecule has 0 saturated heterocycles. The fraction of sp³-hybridized carbons (Fsp3) is 0.346. The molecule has 3 aromatic rings. The molecule has 0 unspecified atom stereocenters. The fourth-order valence-electron chi connectivity index (χ4n) is 4.31. The van der Waals surface area contributed by atoms with Gasteiger partial charge in [0.25, 0.3) is 5.91 Å². The summed E-state index contributed by atoms with van der Waals surface area (Å²) in [5.74, 6) is -0.248. The monoisotopic (exact) mass is 533 g/mol. The molecular weight excluding hydrogens is 507 g/mol. The number of pyridine rings is 1. The van der Waals surface area contributed by atoms with Gasteiger partial charge in [0.1, 0.15) is 5.69 Å². The number of benzene rings is 2. The van der Waals surface area contributed by atoms with Crippen LogP contribution < -0.4 is 16.0 Å². The number of halogens is 4. The maximum atomic E-state index is 13.4. The van der Waals surface area contributed by atoms with Crippen LogP contribution in [-0.2, 0) is 6.18 Å². The van der Waals surface area contributed by atoms with Crippen LogP contribution in [0.4, 0.5) is 29.3 Å². The summed E-state index contributed by atoms with van der Waals surface area (Å²) in [7, 11) is 3.25. The van der Waals surface area contributed by atoms with Crippen molar-refractivity contribution in [2.45, 2.75) is 43.9 Å². The van der Waals surface area contributed by atoms with Gasteiger partial charge in [-0.15, -0.1) is 0 Å². The Balaban J connectivity index is 1.39. The van der Waals surface area contributed by atoms with E-state index in [0.717, 1.165) is 6.07 Å². The zero-order valence-corrected chi connectivity index (χ0v) is 21.1. The molecule has 11 heteroatoms. The first-order valence-electron chi connectivity index (χ1n) is 11.8. The Morgan fingerprint density at radius 1 is 1.00 bits per heavy atom. The average Bonchev–Trinajstić information content (AvgIpc) is 2.85. The van der Waals surface area contributed by atoms with Crippen molar-refractivity contribution in [1.29, 1.82) is 0 Å². The number of alkyl halides is 3. The molecule has 4 rings (SSSR count). The second-order valence-electron chi connectivity index (χ2n) is 9.29. The van der Waals surface area contributed by atoms with Crippen molar-refractivity contribution >= 4 is 45.8 Å². The minimum Gasteiger partial charge on any atom is -0.382 e. The number of hydrogen-bond acceptors (Lipinski definition) is 4. The zero-order chi connectivity index (χ0) is 26.7. The lowest BCUT2D eigenvalue weighted by Gasteiger charge is -2.31. The largest absolute Gasteiger partial charge is 0.433 e. The van der Waals surface area contributed by atoms with Crippen LogP contribution in [0, 0.1) is 0 Å². The van der Waals surface area contributed by atoms with Crippen molar-refractivity contribution in [3.8, 4) is 0 Å². The summed E-state index contributed by atoms with van der Waals surface area (Å²) in [4.78, 5) is 29.8. The third-order valence-electron chi connectivity index (χ3n) is 6.27. The molecule has 1 aromatic heterocycles. The number of nitrogens with one attached hydrogen (secondary N) is 3. The summed E-state index contributed by atoms with van der Waals surface area (Å²) in [6, 6.07) is 11.9. The summed E-state index contributed by atoms with van der Waals surface area (Å²) in [5, 5.41) is 9.92. The Hall–Kier alpha value is -3.53. The van der Waals surface area contributed by atoms with E-state index < -0.39 is 11.9 Å². The van der Waals surface area contributed by atoms with Gasteiger partial charge in [-0.2, -0.15) is 13.2 Å². The Kier molecular flexibility index (Phi) is 7.77. The van der Waals surface area contributed by atoms with Gasteiger partial charge in [-0.25, -0.2) is 9.78 Å². The van der Waals surface area contributed by atoms with Crippen molar-refractivity contribution in [3.63, 3.8) is 0 Å². The van der Waals surface area contributed by atoms with E-state index in [0.29, 0.717) is 53.0 Å². The fourth-order valence-corrected chi connectivity index (χ4v) is 4.48. The summed E-state index contributed by atoms with van der Waals surface area (Å²) in [6.07, 6.45) is -1.92. The van der Waals surface area contributed by atoms with E-state index in [1.165, 1.54) is 17.0 Å². The van der Waals surface area contributed by atoms with E-state index in [1.54, 1.807) is 44.4 Å². The summed E-state index contributed by atoms with van der Waals surface area (Å²) in [6.45, 7) is 0. The molecule has 0 atom stereocenters. The molecular formula is C26H27ClF3N5O2. The maximum absolute atomic E-state index is 13.4. The number of hydrogen-bond donors (Lipinski definition) is 3. The Morgan fingerprint density at radius 2 is 1.70 bits per heavy atom. The lowest BCUT2D eigenvalue weighted by Crippen LogP contribution is -2.40. The van der Waals surface area contributed by atoms with Crippen LogP contribution in [0.2, 0.25) is 5.02 Å². The Morgan fingerprint density at radius 3 is 2.38 bits per heavy atom. The van der Waals surface area contributed by atoms with Crippen molar-refractivity contribution in [2.24, 2.45) is 0 Å². The predicted molar refractivity (Wildman–Crippen MR) is 138 cm³/mol. The van der Waals surface area contributed by atoms with Crippen molar-refractivity contribution in [1.82, 2.24) is 15.2 Å². The molecule has 0 aliphatic heterocycles. The van der Waals surface area contributed by atoms with Crippen LogP contribution in [0.5, 0.6) is 0 Å². The quantitative estimate of drug-likeness (QED) is 0.367. The van der Waals surface area contributed by atoms with E-state index >= 15 is 0 Å². The second kappa shape index (κ2) is 10.8. The highest BCUT2D eigenvalue weighted by Crippen LogP contribution is 2.35. The molecule has 3 amide bonds. The highest BCUT2D eigenvalue weighted by molar-refractivity contribution is 6.31. The molecule has 1 heterocycles. The van der Waals surface area contributed by atoms with Crippen LogP contribution in [0.1, 0.15) is 41.7 Å². The molecule has 37 heavy (non-hydrogen) atoms. The van der Waals surface area contributed by atoms with E-state index in [2.05, 4.69) is 20.9 Å². The minimum absolute atomic E-state index is 0.0663. The number of aromatic nitrogens is 1. The Bertz CT molecular complexity index is 1310. The standard InChI is InChI=1S/C26H27ClF3N5O2/c1-35(2)25(37)33-19-5-3-4-15(12-19)24(36)32-18-9-7-17(8-10-18)31-22-14-23(26(28,29)30)34-21-11-6-16(27)13-20(21)22/h3-6,11-14,17-18H,7-10H2,1-2H3,(H,31,34)(H,32,36)(H,33,37). The zero-order valence-electron chi connectivity index (χ0n) is 20.3. The second-order valence-corrected chi connectivity index (χ2v) is 9.72. The van der Waals surface area contributed by atoms with Crippen molar-refractivity contribution in [3.05, 3.63) is 64.8 Å². The molecule has 1 fully saturated rings. The summed E-state index contributed by atoms with van der Waals surface area (Å²) >= 11 is 6.09. The molecule has 3 N–H and O–H groups in total. The average molecular weight is 534 g/mol. The highest BCUT2D eigenvalue weighted by atomic mass is 35.5. The molecule has 1 saturated carbocycles. The lowest BCUT2D eigenvalue weighted by atomic mass is 9.90. The van der Waals surface area contributed by atoms with Gasteiger partial charge in [0.05, 0.1) is 5.52 Å². The minimum atomic E-state index is -4.57. The maximum Gasteiger partial charge on any atom is 0.433 e. The number of carbonyl (C=O) groups excluding carboxylic acids is 2. The molecule has 1 aliphatic rings. The van der Waals surface area contributed by atoms with E-state index in [9.17, 15) is 22.8 Å².